The Morgan fingerprint density at radius 3 is 2.65 bits per heavy atom. The van der Waals surface area contributed by atoms with Crippen LogP contribution in [-0.2, 0) is 4.74 Å². The molecule has 0 saturated carbocycles. The van der Waals surface area contributed by atoms with Crippen molar-refractivity contribution >= 4 is 5.91 Å². The normalized spacial score (nSPS) is 16.4. The molecule has 1 aliphatic rings. The SMILES string of the molecule is COCC1(CNC(=O)c2ccn(-c3c(F)cccc3F)n2)CCNCC1. The predicted octanol–water partition coefficient (Wildman–Crippen LogP) is 1.90. The molecule has 0 unspecified atom stereocenters. The summed E-state index contributed by atoms with van der Waals surface area (Å²) in [6.45, 7) is 2.77. The number of carbonyl (C=O) groups is 1. The van der Waals surface area contributed by atoms with Crippen LogP contribution in [0.5, 0.6) is 0 Å². The summed E-state index contributed by atoms with van der Waals surface area (Å²) >= 11 is 0. The maximum Gasteiger partial charge on any atom is 0.271 e. The molecule has 0 spiro atoms. The van der Waals surface area contributed by atoms with Crippen LogP contribution in [0.4, 0.5) is 8.78 Å². The van der Waals surface area contributed by atoms with Gasteiger partial charge < -0.3 is 15.4 Å². The molecule has 26 heavy (non-hydrogen) atoms. The molecule has 1 fully saturated rings. The third-order valence-corrected chi connectivity index (χ3v) is 4.73. The molecule has 1 amide bonds. The van der Waals surface area contributed by atoms with Gasteiger partial charge in [-0.15, -0.1) is 0 Å². The highest BCUT2D eigenvalue weighted by Gasteiger charge is 2.32. The summed E-state index contributed by atoms with van der Waals surface area (Å²) in [6.07, 6.45) is 3.16. The molecule has 1 aromatic carbocycles. The van der Waals surface area contributed by atoms with Gasteiger partial charge in [-0.05, 0) is 44.1 Å². The molecule has 1 aliphatic heterocycles. The van der Waals surface area contributed by atoms with E-state index in [2.05, 4.69) is 15.7 Å². The van der Waals surface area contributed by atoms with Gasteiger partial charge in [0, 0.05) is 25.3 Å². The number of nitrogens with one attached hydrogen (secondary N) is 2. The largest absolute Gasteiger partial charge is 0.384 e. The minimum atomic E-state index is -0.742. The van der Waals surface area contributed by atoms with Gasteiger partial charge in [-0.1, -0.05) is 6.07 Å². The quantitative estimate of drug-likeness (QED) is 0.822. The lowest BCUT2D eigenvalue weighted by Crippen LogP contribution is -2.47. The third-order valence-electron chi connectivity index (χ3n) is 4.73. The molecule has 0 atom stereocenters. The molecular formula is C18H22F2N4O2. The van der Waals surface area contributed by atoms with Crippen LogP contribution in [0.2, 0.25) is 0 Å². The highest BCUT2D eigenvalue weighted by Crippen LogP contribution is 2.28. The number of amides is 1. The number of piperidine rings is 1. The first-order chi connectivity index (χ1) is 12.5. The van der Waals surface area contributed by atoms with Crippen LogP contribution < -0.4 is 10.6 Å². The summed E-state index contributed by atoms with van der Waals surface area (Å²) in [6, 6.07) is 5.00. The third kappa shape index (κ3) is 3.91. The molecular weight excluding hydrogens is 342 g/mol. The number of ether oxygens (including phenoxy) is 1. The van der Waals surface area contributed by atoms with Crippen molar-refractivity contribution in [2.75, 3.05) is 33.4 Å². The average molecular weight is 364 g/mol. The number of hydrogen-bond donors (Lipinski definition) is 2. The molecule has 0 radical (unpaired) electrons. The molecule has 140 valence electrons. The van der Waals surface area contributed by atoms with E-state index >= 15 is 0 Å². The van der Waals surface area contributed by atoms with E-state index in [0.717, 1.165) is 42.7 Å². The van der Waals surface area contributed by atoms with Gasteiger partial charge in [0.25, 0.3) is 5.91 Å². The zero-order valence-electron chi connectivity index (χ0n) is 14.6. The number of halogens is 2. The van der Waals surface area contributed by atoms with Gasteiger partial charge in [0.1, 0.15) is 5.69 Å². The Kier molecular flexibility index (Phi) is 5.63. The summed E-state index contributed by atoms with van der Waals surface area (Å²) in [5, 5.41) is 10.2. The van der Waals surface area contributed by atoms with Gasteiger partial charge in [0.15, 0.2) is 17.3 Å². The number of carbonyl (C=O) groups excluding carboxylic acids is 1. The molecule has 2 N–H and O–H groups in total. The number of para-hydroxylation sites is 1. The lowest BCUT2D eigenvalue weighted by Gasteiger charge is -2.37. The lowest BCUT2D eigenvalue weighted by atomic mass is 9.79. The van der Waals surface area contributed by atoms with E-state index in [1.165, 1.54) is 18.3 Å². The van der Waals surface area contributed by atoms with Crippen molar-refractivity contribution in [1.29, 1.82) is 0 Å². The summed E-state index contributed by atoms with van der Waals surface area (Å²) in [4.78, 5) is 12.4. The van der Waals surface area contributed by atoms with Gasteiger partial charge in [0.2, 0.25) is 0 Å². The Morgan fingerprint density at radius 2 is 2.00 bits per heavy atom. The van der Waals surface area contributed by atoms with E-state index in [4.69, 9.17) is 4.74 Å². The second-order valence-corrected chi connectivity index (χ2v) is 6.58. The van der Waals surface area contributed by atoms with Crippen molar-refractivity contribution in [3.63, 3.8) is 0 Å². The maximum absolute atomic E-state index is 13.9. The van der Waals surface area contributed by atoms with Gasteiger partial charge >= 0.3 is 0 Å². The van der Waals surface area contributed by atoms with Crippen molar-refractivity contribution in [2.24, 2.45) is 5.41 Å². The topological polar surface area (TPSA) is 68.2 Å². The standard InChI is InChI=1S/C18H22F2N4O2/c1-26-12-18(6-8-21-9-7-18)11-22-17(25)15-5-10-24(23-15)16-13(19)3-2-4-14(16)20/h2-5,10,21H,6-9,11-12H2,1H3,(H,22,25). The lowest BCUT2D eigenvalue weighted by molar-refractivity contribution is 0.0510. The second-order valence-electron chi connectivity index (χ2n) is 6.58. The van der Waals surface area contributed by atoms with Crippen LogP contribution in [0.15, 0.2) is 30.5 Å². The van der Waals surface area contributed by atoms with Crippen LogP contribution >= 0.6 is 0 Å². The monoisotopic (exact) mass is 364 g/mol. The average Bonchev–Trinajstić information content (AvgIpc) is 3.10. The van der Waals surface area contributed by atoms with Gasteiger partial charge in [0.05, 0.1) is 6.61 Å². The van der Waals surface area contributed by atoms with Gasteiger partial charge in [-0.3, -0.25) is 4.79 Å². The first kappa shape index (κ1) is 18.5. The first-order valence-corrected chi connectivity index (χ1v) is 8.53. The Morgan fingerprint density at radius 1 is 1.31 bits per heavy atom. The fourth-order valence-electron chi connectivity index (χ4n) is 3.27. The number of hydrogen-bond acceptors (Lipinski definition) is 4. The molecule has 3 rings (SSSR count). The van der Waals surface area contributed by atoms with E-state index in [0.29, 0.717) is 13.2 Å². The van der Waals surface area contributed by atoms with Crippen molar-refractivity contribution in [3.05, 3.63) is 47.8 Å². The van der Waals surface area contributed by atoms with E-state index in [1.54, 1.807) is 7.11 Å². The fourth-order valence-corrected chi connectivity index (χ4v) is 3.27. The number of nitrogens with zero attached hydrogens (tertiary/aromatic N) is 2. The summed E-state index contributed by atoms with van der Waals surface area (Å²) < 4.78 is 34.1. The number of aromatic nitrogens is 2. The molecule has 2 aromatic rings. The van der Waals surface area contributed by atoms with Crippen LogP contribution in [0.3, 0.4) is 0 Å². The second kappa shape index (κ2) is 7.92. The minimum Gasteiger partial charge on any atom is -0.384 e. The highest BCUT2D eigenvalue weighted by molar-refractivity contribution is 5.92. The first-order valence-electron chi connectivity index (χ1n) is 8.53. The number of benzene rings is 1. The Balaban J connectivity index is 1.70. The highest BCUT2D eigenvalue weighted by atomic mass is 19.1. The number of rotatable bonds is 6. The zero-order chi connectivity index (χ0) is 18.6. The van der Waals surface area contributed by atoms with Crippen LogP contribution in [-0.4, -0.2) is 49.0 Å². The summed E-state index contributed by atoms with van der Waals surface area (Å²) in [5.41, 5.74) is -0.314. The van der Waals surface area contributed by atoms with Crippen molar-refractivity contribution in [2.45, 2.75) is 12.8 Å². The van der Waals surface area contributed by atoms with Gasteiger partial charge in [-0.2, -0.15) is 5.10 Å². The molecule has 1 saturated heterocycles. The zero-order valence-corrected chi connectivity index (χ0v) is 14.6. The van der Waals surface area contributed by atoms with E-state index in [-0.39, 0.29) is 22.7 Å². The van der Waals surface area contributed by atoms with E-state index in [9.17, 15) is 13.6 Å². The van der Waals surface area contributed by atoms with Crippen molar-refractivity contribution in [1.82, 2.24) is 20.4 Å². The fraction of sp³-hybridized carbons (Fsp3) is 0.444. The molecule has 8 heteroatoms. The molecule has 6 nitrogen and oxygen atoms in total. The molecule has 0 aliphatic carbocycles. The van der Waals surface area contributed by atoms with Crippen LogP contribution in [0, 0.1) is 17.0 Å². The van der Waals surface area contributed by atoms with Crippen LogP contribution in [0.1, 0.15) is 23.3 Å². The van der Waals surface area contributed by atoms with E-state index < -0.39 is 11.6 Å². The minimum absolute atomic E-state index is 0.106. The molecule has 0 bridgehead atoms. The predicted molar refractivity (Wildman–Crippen MR) is 92.2 cm³/mol. The van der Waals surface area contributed by atoms with Crippen LogP contribution in [0.25, 0.3) is 5.69 Å². The molecule has 2 heterocycles. The van der Waals surface area contributed by atoms with Crippen molar-refractivity contribution < 1.29 is 18.3 Å². The maximum atomic E-state index is 13.9. The Labute approximate surface area is 150 Å². The number of methoxy groups -OCH3 is 1. The summed E-state index contributed by atoms with van der Waals surface area (Å²) in [5.74, 6) is -1.86. The van der Waals surface area contributed by atoms with Gasteiger partial charge in [-0.25, -0.2) is 13.5 Å². The van der Waals surface area contributed by atoms with E-state index in [1.807, 2.05) is 0 Å². The smallest absolute Gasteiger partial charge is 0.271 e. The summed E-state index contributed by atoms with van der Waals surface area (Å²) in [7, 11) is 1.65. The Hall–Kier alpha value is -2.32. The Bertz CT molecular complexity index is 747. The van der Waals surface area contributed by atoms with Crippen molar-refractivity contribution in [3.8, 4) is 5.69 Å². The molecule has 1 aromatic heterocycles.